The van der Waals surface area contributed by atoms with Crippen LogP contribution in [0.4, 0.5) is 0 Å². The third-order valence-electron chi connectivity index (χ3n) is 2.81. The summed E-state index contributed by atoms with van der Waals surface area (Å²) >= 11 is 0. The molecule has 1 aromatic carbocycles. The van der Waals surface area contributed by atoms with Crippen LogP contribution in [0.25, 0.3) is 0 Å². The fourth-order valence-electron chi connectivity index (χ4n) is 1.84. The van der Waals surface area contributed by atoms with Crippen molar-refractivity contribution in [2.75, 3.05) is 7.11 Å². The van der Waals surface area contributed by atoms with Crippen LogP contribution in [0.2, 0.25) is 0 Å². The third kappa shape index (κ3) is 3.70. The van der Waals surface area contributed by atoms with Gasteiger partial charge in [0.25, 0.3) is 0 Å². The second kappa shape index (κ2) is 6.71. The molecular formula is C15H17N3O3. The van der Waals surface area contributed by atoms with E-state index in [4.69, 9.17) is 20.4 Å². The maximum Gasteiger partial charge on any atom is 0.230 e. The van der Waals surface area contributed by atoms with E-state index >= 15 is 0 Å². The number of hydrogen-bond acceptors (Lipinski definition) is 5. The zero-order valence-corrected chi connectivity index (χ0v) is 11.9. The molecule has 6 nitrogen and oxygen atoms in total. The van der Waals surface area contributed by atoms with Crippen molar-refractivity contribution in [3.63, 3.8) is 0 Å². The summed E-state index contributed by atoms with van der Waals surface area (Å²) in [6.07, 6.45) is 0. The van der Waals surface area contributed by atoms with Gasteiger partial charge in [-0.1, -0.05) is 17.3 Å². The van der Waals surface area contributed by atoms with Crippen molar-refractivity contribution in [1.29, 1.82) is 0 Å². The van der Waals surface area contributed by atoms with Crippen molar-refractivity contribution in [3.8, 4) is 11.6 Å². The number of nitrogens with zero attached hydrogens (tertiary/aromatic N) is 2. The molecule has 0 aliphatic rings. The minimum atomic E-state index is -0.0504. The summed E-state index contributed by atoms with van der Waals surface area (Å²) in [5.41, 5.74) is 7.82. The van der Waals surface area contributed by atoms with Gasteiger partial charge in [0.1, 0.15) is 5.75 Å². The molecule has 6 heteroatoms. The Morgan fingerprint density at radius 2 is 2.14 bits per heavy atom. The summed E-state index contributed by atoms with van der Waals surface area (Å²) in [7, 11) is 1.63. The number of aryl methyl sites for hydroxylation is 1. The molecule has 0 aliphatic carbocycles. The molecule has 0 spiro atoms. The number of methoxy groups -OCH3 is 1. The van der Waals surface area contributed by atoms with E-state index < -0.39 is 0 Å². The monoisotopic (exact) mass is 287 g/mol. The van der Waals surface area contributed by atoms with Gasteiger partial charge in [0, 0.05) is 12.8 Å². The van der Waals surface area contributed by atoms with Gasteiger partial charge in [-0.3, -0.25) is 0 Å². The second-order valence-electron chi connectivity index (χ2n) is 4.47. The van der Waals surface area contributed by atoms with Gasteiger partial charge in [0.05, 0.1) is 12.2 Å². The first kappa shape index (κ1) is 14.8. The van der Waals surface area contributed by atoms with Crippen LogP contribution in [0, 0.1) is 6.92 Å². The van der Waals surface area contributed by atoms with E-state index in [1.807, 2.05) is 25.1 Å². The van der Waals surface area contributed by atoms with Crippen LogP contribution < -0.4 is 10.5 Å². The topological polar surface area (TPSA) is 90.0 Å². The standard InChI is InChI=1S/C15H17N3O3/c1-10-6-7-13(14(16)18-19)15(17-10)21-12-5-3-4-11(8-12)9-20-2/h3-8,19H,9H2,1-2H3,(H2,16,18). The molecule has 3 N–H and O–H groups in total. The first-order valence-electron chi connectivity index (χ1n) is 6.35. The van der Waals surface area contributed by atoms with Crippen molar-refractivity contribution in [3.05, 3.63) is 53.2 Å². The number of hydrogen-bond donors (Lipinski definition) is 2. The Kier molecular flexibility index (Phi) is 4.73. The van der Waals surface area contributed by atoms with Crippen molar-refractivity contribution in [2.45, 2.75) is 13.5 Å². The van der Waals surface area contributed by atoms with Crippen molar-refractivity contribution < 1.29 is 14.7 Å². The van der Waals surface area contributed by atoms with Crippen LogP contribution in [-0.2, 0) is 11.3 Å². The highest BCUT2D eigenvalue weighted by atomic mass is 16.5. The van der Waals surface area contributed by atoms with Crippen molar-refractivity contribution in [1.82, 2.24) is 4.98 Å². The van der Waals surface area contributed by atoms with Gasteiger partial charge in [-0.25, -0.2) is 4.98 Å². The van der Waals surface area contributed by atoms with E-state index in [0.29, 0.717) is 23.8 Å². The van der Waals surface area contributed by atoms with Crippen LogP contribution in [0.3, 0.4) is 0 Å². The highest BCUT2D eigenvalue weighted by Crippen LogP contribution is 2.24. The molecule has 2 aromatic rings. The highest BCUT2D eigenvalue weighted by Gasteiger charge is 2.11. The second-order valence-corrected chi connectivity index (χ2v) is 4.47. The lowest BCUT2D eigenvalue weighted by Gasteiger charge is -2.11. The number of ether oxygens (including phenoxy) is 2. The Morgan fingerprint density at radius 1 is 1.33 bits per heavy atom. The molecule has 1 heterocycles. The zero-order chi connectivity index (χ0) is 15.2. The summed E-state index contributed by atoms with van der Waals surface area (Å²) in [5.74, 6) is 0.847. The normalized spacial score (nSPS) is 11.4. The van der Waals surface area contributed by atoms with Gasteiger partial charge < -0.3 is 20.4 Å². The van der Waals surface area contributed by atoms with Crippen LogP contribution in [0.15, 0.2) is 41.6 Å². The van der Waals surface area contributed by atoms with E-state index in [2.05, 4.69) is 10.1 Å². The molecule has 110 valence electrons. The number of pyridine rings is 1. The largest absolute Gasteiger partial charge is 0.438 e. The maximum atomic E-state index is 8.83. The molecule has 1 aromatic heterocycles. The molecule has 2 rings (SSSR count). The predicted octanol–water partition coefficient (Wildman–Crippen LogP) is 2.42. The molecular weight excluding hydrogens is 270 g/mol. The lowest BCUT2D eigenvalue weighted by atomic mass is 10.2. The number of nitrogens with two attached hydrogens (primary N) is 1. The average Bonchev–Trinajstić information content (AvgIpc) is 2.47. The Hall–Kier alpha value is -2.60. The summed E-state index contributed by atoms with van der Waals surface area (Å²) in [6, 6.07) is 10.9. The van der Waals surface area contributed by atoms with E-state index in [-0.39, 0.29) is 5.84 Å². The number of aromatic nitrogens is 1. The zero-order valence-electron chi connectivity index (χ0n) is 11.9. The molecule has 0 saturated heterocycles. The van der Waals surface area contributed by atoms with Crippen molar-refractivity contribution in [2.24, 2.45) is 10.9 Å². The minimum absolute atomic E-state index is 0.0504. The predicted molar refractivity (Wildman–Crippen MR) is 78.7 cm³/mol. The van der Waals surface area contributed by atoms with Crippen LogP contribution in [-0.4, -0.2) is 23.1 Å². The van der Waals surface area contributed by atoms with E-state index in [0.717, 1.165) is 11.3 Å². The molecule has 0 unspecified atom stereocenters. The molecule has 0 bridgehead atoms. The summed E-state index contributed by atoms with van der Waals surface area (Å²) < 4.78 is 10.8. The van der Waals surface area contributed by atoms with Crippen molar-refractivity contribution >= 4 is 5.84 Å². The molecule has 0 amide bonds. The Labute approximate surface area is 122 Å². The van der Waals surface area contributed by atoms with Crippen LogP contribution in [0.1, 0.15) is 16.8 Å². The van der Waals surface area contributed by atoms with Gasteiger partial charge in [0.15, 0.2) is 5.84 Å². The number of oxime groups is 1. The lowest BCUT2D eigenvalue weighted by Crippen LogP contribution is -2.15. The van der Waals surface area contributed by atoms with Gasteiger partial charge in [-0.15, -0.1) is 0 Å². The molecule has 0 aliphatic heterocycles. The fourth-order valence-corrected chi connectivity index (χ4v) is 1.84. The van der Waals surface area contributed by atoms with Gasteiger partial charge in [-0.2, -0.15) is 0 Å². The Bertz CT molecular complexity index is 656. The highest BCUT2D eigenvalue weighted by molar-refractivity contribution is 5.99. The third-order valence-corrected chi connectivity index (χ3v) is 2.81. The number of rotatable bonds is 5. The summed E-state index contributed by atoms with van der Waals surface area (Å²) in [6.45, 7) is 2.33. The van der Waals surface area contributed by atoms with Crippen LogP contribution >= 0.6 is 0 Å². The Morgan fingerprint density at radius 3 is 2.86 bits per heavy atom. The summed E-state index contributed by atoms with van der Waals surface area (Å²) in [5, 5.41) is 11.8. The van der Waals surface area contributed by atoms with E-state index in [1.165, 1.54) is 0 Å². The molecule has 21 heavy (non-hydrogen) atoms. The molecule has 0 atom stereocenters. The van der Waals surface area contributed by atoms with Gasteiger partial charge in [-0.05, 0) is 36.8 Å². The smallest absolute Gasteiger partial charge is 0.230 e. The quantitative estimate of drug-likeness (QED) is 0.381. The summed E-state index contributed by atoms with van der Waals surface area (Å²) in [4.78, 5) is 4.29. The average molecular weight is 287 g/mol. The number of benzene rings is 1. The first-order valence-corrected chi connectivity index (χ1v) is 6.35. The van der Waals surface area contributed by atoms with Gasteiger partial charge in [0.2, 0.25) is 5.88 Å². The first-order chi connectivity index (χ1) is 10.1. The maximum absolute atomic E-state index is 8.83. The van der Waals surface area contributed by atoms with Crippen LogP contribution in [0.5, 0.6) is 11.6 Å². The van der Waals surface area contributed by atoms with E-state index in [1.54, 1.807) is 25.3 Å². The SMILES string of the molecule is COCc1cccc(Oc2nc(C)ccc2C(N)=NO)c1. The fraction of sp³-hybridized carbons (Fsp3) is 0.200. The molecule has 0 fully saturated rings. The molecule has 0 radical (unpaired) electrons. The van der Waals surface area contributed by atoms with Gasteiger partial charge >= 0.3 is 0 Å². The molecule has 0 saturated carbocycles. The Balaban J connectivity index is 2.34. The number of amidine groups is 1. The van der Waals surface area contributed by atoms with E-state index in [9.17, 15) is 0 Å². The minimum Gasteiger partial charge on any atom is -0.438 e. The lowest BCUT2D eigenvalue weighted by molar-refractivity contribution is 0.184.